The van der Waals surface area contributed by atoms with E-state index in [1.54, 1.807) is 30.3 Å². The molecular weight excluding hydrogens is 226 g/mol. The van der Waals surface area contributed by atoms with Crippen LogP contribution in [-0.2, 0) is 0 Å². The van der Waals surface area contributed by atoms with E-state index < -0.39 is 10.7 Å². The molecule has 0 radical (unpaired) electrons. The van der Waals surface area contributed by atoms with E-state index in [9.17, 15) is 14.9 Å². The van der Waals surface area contributed by atoms with Gasteiger partial charge in [0.15, 0.2) is 5.75 Å². The van der Waals surface area contributed by atoms with Gasteiger partial charge in [0.05, 0.1) is 0 Å². The van der Waals surface area contributed by atoms with E-state index in [4.69, 9.17) is 4.84 Å². The number of carbonyl (C=O) groups excluding carboxylic acids is 1. The number of aromatic nitrogens is 2. The molecule has 0 aliphatic carbocycles. The summed E-state index contributed by atoms with van der Waals surface area (Å²) in [6.07, 6.45) is 1.42. The van der Waals surface area contributed by atoms with Gasteiger partial charge in [-0.3, -0.25) is 4.79 Å². The predicted molar refractivity (Wildman–Crippen MR) is 56.7 cm³/mol. The van der Waals surface area contributed by atoms with Gasteiger partial charge in [0.25, 0.3) is 0 Å². The summed E-state index contributed by atoms with van der Waals surface area (Å²) in [6, 6.07) is 8.58. The first kappa shape index (κ1) is 10.8. The minimum Gasteiger partial charge on any atom is -0.371 e. The highest BCUT2D eigenvalue weighted by molar-refractivity contribution is 5.69. The second-order valence-electron chi connectivity index (χ2n) is 3.06. The monoisotopic (exact) mass is 233 g/mol. The number of carbonyl (C=O) groups is 1. The number of rotatable bonds is 4. The van der Waals surface area contributed by atoms with Gasteiger partial charge in [0.1, 0.15) is 6.20 Å². The molecule has 0 N–H and O–H groups in total. The number of imidazole rings is 1. The number of hydrogen-bond donors (Lipinski definition) is 0. The van der Waals surface area contributed by atoms with Gasteiger partial charge in [-0.2, -0.15) is 0 Å². The zero-order chi connectivity index (χ0) is 12.3. The summed E-state index contributed by atoms with van der Waals surface area (Å²) in [4.78, 5) is 29.2. The SMILES string of the molecule is O=Cc1nc([N+](=O)[O-])cn1Oc1ccccc1. The maximum atomic E-state index is 10.7. The van der Waals surface area contributed by atoms with Crippen LogP contribution in [-0.4, -0.2) is 20.9 Å². The summed E-state index contributed by atoms with van der Waals surface area (Å²) < 4.78 is 0.959. The third kappa shape index (κ3) is 2.28. The van der Waals surface area contributed by atoms with Gasteiger partial charge >= 0.3 is 11.6 Å². The van der Waals surface area contributed by atoms with E-state index in [0.717, 1.165) is 10.9 Å². The normalized spacial score (nSPS) is 9.88. The first-order valence-corrected chi connectivity index (χ1v) is 4.63. The Hall–Kier alpha value is -2.70. The van der Waals surface area contributed by atoms with Gasteiger partial charge in [0, 0.05) is 0 Å². The zero-order valence-electron chi connectivity index (χ0n) is 8.52. The fourth-order valence-electron chi connectivity index (χ4n) is 1.20. The lowest BCUT2D eigenvalue weighted by molar-refractivity contribution is -0.389. The van der Waals surface area contributed by atoms with Crippen molar-refractivity contribution in [1.29, 1.82) is 0 Å². The van der Waals surface area contributed by atoms with E-state index >= 15 is 0 Å². The number of benzene rings is 1. The molecule has 7 nitrogen and oxygen atoms in total. The van der Waals surface area contributed by atoms with Crippen LogP contribution in [0, 0.1) is 10.1 Å². The van der Waals surface area contributed by atoms with Crippen LogP contribution in [0.4, 0.5) is 5.82 Å². The Morgan fingerprint density at radius 3 is 2.65 bits per heavy atom. The number of nitro groups is 1. The summed E-state index contributed by atoms with van der Waals surface area (Å²) in [6.45, 7) is 0. The lowest BCUT2D eigenvalue weighted by Gasteiger charge is -2.03. The first-order chi connectivity index (χ1) is 8.20. The van der Waals surface area contributed by atoms with Crippen LogP contribution >= 0.6 is 0 Å². The topological polar surface area (TPSA) is 87.3 Å². The molecule has 0 unspecified atom stereocenters. The molecule has 86 valence electrons. The smallest absolute Gasteiger partial charge is 0.371 e. The Bertz CT molecular complexity index is 550. The van der Waals surface area contributed by atoms with E-state index in [1.165, 1.54) is 0 Å². The average Bonchev–Trinajstić information content (AvgIpc) is 2.74. The molecule has 1 aromatic heterocycles. The molecule has 0 amide bonds. The van der Waals surface area contributed by atoms with E-state index in [2.05, 4.69) is 4.98 Å². The van der Waals surface area contributed by atoms with Crippen molar-refractivity contribution in [3.8, 4) is 5.75 Å². The van der Waals surface area contributed by atoms with Crippen molar-refractivity contribution in [1.82, 2.24) is 9.71 Å². The summed E-state index contributed by atoms with van der Waals surface area (Å²) in [5.41, 5.74) is 0. The number of nitrogens with zero attached hydrogens (tertiary/aromatic N) is 3. The molecule has 0 saturated carbocycles. The van der Waals surface area contributed by atoms with Crippen molar-refractivity contribution >= 4 is 12.1 Å². The lowest BCUT2D eigenvalue weighted by Crippen LogP contribution is -2.07. The Labute approximate surface area is 95.4 Å². The van der Waals surface area contributed by atoms with Crippen molar-refractivity contribution < 1.29 is 14.6 Å². The Morgan fingerprint density at radius 2 is 2.06 bits per heavy atom. The van der Waals surface area contributed by atoms with Gasteiger partial charge in [-0.15, -0.1) is 4.73 Å². The largest absolute Gasteiger partial charge is 0.386 e. The van der Waals surface area contributed by atoms with Crippen molar-refractivity contribution in [2.75, 3.05) is 0 Å². The summed E-state index contributed by atoms with van der Waals surface area (Å²) in [7, 11) is 0. The van der Waals surface area contributed by atoms with Crippen molar-refractivity contribution in [3.05, 3.63) is 52.5 Å². The number of para-hydroxylation sites is 1. The second kappa shape index (κ2) is 4.44. The number of hydrogen-bond acceptors (Lipinski definition) is 5. The second-order valence-corrected chi connectivity index (χ2v) is 3.06. The van der Waals surface area contributed by atoms with Gasteiger partial charge in [-0.1, -0.05) is 18.2 Å². The summed E-state index contributed by atoms with van der Waals surface area (Å²) in [5, 5.41) is 10.5. The molecule has 7 heteroatoms. The molecule has 0 aliphatic rings. The maximum Gasteiger partial charge on any atom is 0.386 e. The van der Waals surface area contributed by atoms with E-state index in [0.29, 0.717) is 12.0 Å². The zero-order valence-corrected chi connectivity index (χ0v) is 8.52. The fraction of sp³-hybridized carbons (Fsp3) is 0. The van der Waals surface area contributed by atoms with Gasteiger partial charge < -0.3 is 15.0 Å². The highest BCUT2D eigenvalue weighted by atomic mass is 16.7. The van der Waals surface area contributed by atoms with Crippen LogP contribution in [0.2, 0.25) is 0 Å². The molecule has 1 heterocycles. The molecule has 0 bridgehead atoms. The fourth-order valence-corrected chi connectivity index (χ4v) is 1.20. The van der Waals surface area contributed by atoms with Gasteiger partial charge in [-0.25, -0.2) is 0 Å². The van der Waals surface area contributed by atoms with Crippen LogP contribution in [0.1, 0.15) is 10.6 Å². The van der Waals surface area contributed by atoms with Crippen LogP contribution in [0.15, 0.2) is 36.5 Å². The molecule has 0 atom stereocenters. The molecule has 0 spiro atoms. The molecule has 17 heavy (non-hydrogen) atoms. The highest BCUT2D eigenvalue weighted by Crippen LogP contribution is 2.14. The average molecular weight is 233 g/mol. The molecule has 2 aromatic rings. The van der Waals surface area contributed by atoms with Gasteiger partial charge in [0.2, 0.25) is 6.29 Å². The van der Waals surface area contributed by atoms with Crippen LogP contribution in [0.3, 0.4) is 0 Å². The van der Waals surface area contributed by atoms with E-state index in [-0.39, 0.29) is 5.82 Å². The predicted octanol–water partition coefficient (Wildman–Crippen LogP) is 1.45. The van der Waals surface area contributed by atoms with Crippen LogP contribution in [0.25, 0.3) is 0 Å². The molecule has 2 rings (SSSR count). The Kier molecular flexibility index (Phi) is 2.82. The molecule has 0 aliphatic heterocycles. The lowest BCUT2D eigenvalue weighted by atomic mass is 10.3. The highest BCUT2D eigenvalue weighted by Gasteiger charge is 2.19. The minimum atomic E-state index is -0.697. The van der Waals surface area contributed by atoms with Crippen molar-refractivity contribution in [2.45, 2.75) is 0 Å². The quantitative estimate of drug-likeness (QED) is 0.453. The molecule has 1 aromatic carbocycles. The van der Waals surface area contributed by atoms with Crippen LogP contribution in [0.5, 0.6) is 5.75 Å². The number of aldehydes is 1. The molecule has 0 saturated heterocycles. The van der Waals surface area contributed by atoms with Crippen LogP contribution < -0.4 is 4.84 Å². The third-order valence-corrected chi connectivity index (χ3v) is 1.93. The summed E-state index contributed by atoms with van der Waals surface area (Å²) in [5.74, 6) is -0.161. The van der Waals surface area contributed by atoms with Gasteiger partial charge in [-0.05, 0) is 22.0 Å². The first-order valence-electron chi connectivity index (χ1n) is 4.63. The standard InChI is InChI=1S/C10H7N3O4/c14-7-10-11-9(13(15)16)6-12(10)17-8-4-2-1-3-5-8/h1-7H. The van der Waals surface area contributed by atoms with Crippen molar-refractivity contribution in [2.24, 2.45) is 0 Å². The summed E-state index contributed by atoms with van der Waals surface area (Å²) >= 11 is 0. The Balaban J connectivity index is 2.32. The Morgan fingerprint density at radius 1 is 1.35 bits per heavy atom. The molecule has 0 fully saturated rings. The third-order valence-electron chi connectivity index (χ3n) is 1.93. The maximum absolute atomic E-state index is 10.7. The minimum absolute atomic E-state index is 0.166. The van der Waals surface area contributed by atoms with E-state index in [1.807, 2.05) is 0 Å². The van der Waals surface area contributed by atoms with Crippen molar-refractivity contribution in [3.63, 3.8) is 0 Å². The molecular formula is C10H7N3O4.